The van der Waals surface area contributed by atoms with Gasteiger partial charge in [0.2, 0.25) is 11.8 Å². The summed E-state index contributed by atoms with van der Waals surface area (Å²) in [4.78, 5) is 21.7. The van der Waals surface area contributed by atoms with Crippen LogP contribution in [-0.4, -0.2) is 18.4 Å². The van der Waals surface area contributed by atoms with Gasteiger partial charge in [-0.1, -0.05) is 6.07 Å². The van der Waals surface area contributed by atoms with Crippen LogP contribution in [-0.2, 0) is 4.79 Å². The van der Waals surface area contributed by atoms with Crippen LogP contribution in [0.5, 0.6) is 0 Å². The van der Waals surface area contributed by atoms with Gasteiger partial charge in [-0.05, 0) is 18.2 Å². The van der Waals surface area contributed by atoms with Crippen molar-refractivity contribution in [3.05, 3.63) is 29.8 Å². The minimum absolute atomic E-state index is 0. The number of hydrogen-bond donors (Lipinski definition) is 3. The molecule has 6 heteroatoms. The first-order valence-electron chi connectivity index (χ1n) is 4.03. The smallest absolute Gasteiger partial charge is 0.248 e. The summed E-state index contributed by atoms with van der Waals surface area (Å²) in [6.45, 7) is -0.0964. The van der Waals surface area contributed by atoms with Crippen LogP contribution in [0.25, 0.3) is 0 Å². The van der Waals surface area contributed by atoms with Gasteiger partial charge in [0, 0.05) is 11.3 Å². The Morgan fingerprint density at radius 3 is 2.53 bits per heavy atom. The fourth-order valence-corrected chi connectivity index (χ4v) is 0.962. The first-order valence-corrected chi connectivity index (χ1v) is 4.03. The van der Waals surface area contributed by atoms with Gasteiger partial charge in [0.15, 0.2) is 0 Å². The Labute approximate surface area is 97.6 Å². The topological polar surface area (TPSA) is 98.2 Å². The van der Waals surface area contributed by atoms with Gasteiger partial charge in [0.1, 0.15) is 0 Å². The molecule has 5 N–H and O–H groups in total. The SMILES string of the molecule is Br.NCC(=O)Nc1cccc(C(N)=O)c1. The number of primary amides is 1. The predicted molar refractivity (Wildman–Crippen MR) is 63.0 cm³/mol. The van der Waals surface area contributed by atoms with Crippen LogP contribution >= 0.6 is 17.0 Å². The molecule has 0 radical (unpaired) electrons. The van der Waals surface area contributed by atoms with Crippen molar-refractivity contribution in [3.63, 3.8) is 0 Å². The summed E-state index contributed by atoms with van der Waals surface area (Å²) < 4.78 is 0. The van der Waals surface area contributed by atoms with Crippen molar-refractivity contribution in [1.29, 1.82) is 0 Å². The third-order valence-corrected chi connectivity index (χ3v) is 1.62. The van der Waals surface area contributed by atoms with E-state index in [-0.39, 0.29) is 29.4 Å². The van der Waals surface area contributed by atoms with Crippen LogP contribution in [0, 0.1) is 0 Å². The third-order valence-electron chi connectivity index (χ3n) is 1.62. The molecule has 0 heterocycles. The lowest BCUT2D eigenvalue weighted by Gasteiger charge is -2.03. The normalized spacial score (nSPS) is 8.87. The van der Waals surface area contributed by atoms with Crippen LogP contribution in [0.1, 0.15) is 10.4 Å². The molecular formula is C9H12BrN3O2. The number of anilines is 1. The van der Waals surface area contributed by atoms with E-state index in [1.54, 1.807) is 18.2 Å². The molecule has 0 spiro atoms. The summed E-state index contributed by atoms with van der Waals surface area (Å²) in [6, 6.07) is 6.35. The summed E-state index contributed by atoms with van der Waals surface area (Å²) in [5, 5.41) is 2.52. The lowest BCUT2D eigenvalue weighted by Crippen LogP contribution is -2.22. The Balaban J connectivity index is 0.00000196. The molecule has 0 aliphatic heterocycles. The molecule has 0 saturated carbocycles. The average Bonchev–Trinajstić information content (AvgIpc) is 2.18. The maximum absolute atomic E-state index is 10.9. The largest absolute Gasteiger partial charge is 0.366 e. The van der Waals surface area contributed by atoms with E-state index in [2.05, 4.69) is 5.32 Å². The Bertz CT molecular complexity index is 368. The van der Waals surface area contributed by atoms with Crippen molar-refractivity contribution in [2.24, 2.45) is 11.5 Å². The Morgan fingerprint density at radius 2 is 2.00 bits per heavy atom. The van der Waals surface area contributed by atoms with E-state index in [0.29, 0.717) is 11.3 Å². The number of benzene rings is 1. The number of carbonyl (C=O) groups is 2. The van der Waals surface area contributed by atoms with Gasteiger partial charge in [0.05, 0.1) is 6.54 Å². The maximum Gasteiger partial charge on any atom is 0.248 e. The summed E-state index contributed by atoms with van der Waals surface area (Å²) in [6.07, 6.45) is 0. The number of rotatable bonds is 3. The average molecular weight is 274 g/mol. The van der Waals surface area contributed by atoms with Crippen LogP contribution in [0.4, 0.5) is 5.69 Å². The molecule has 0 atom stereocenters. The molecule has 5 nitrogen and oxygen atoms in total. The molecule has 0 aliphatic carbocycles. The fourth-order valence-electron chi connectivity index (χ4n) is 0.962. The first kappa shape index (κ1) is 13.6. The van der Waals surface area contributed by atoms with Crippen molar-refractivity contribution in [2.75, 3.05) is 11.9 Å². The molecule has 0 saturated heterocycles. The number of carbonyl (C=O) groups excluding carboxylic acids is 2. The van der Waals surface area contributed by atoms with E-state index < -0.39 is 5.91 Å². The second-order valence-corrected chi connectivity index (χ2v) is 2.70. The monoisotopic (exact) mass is 273 g/mol. The van der Waals surface area contributed by atoms with Gasteiger partial charge in [0.25, 0.3) is 0 Å². The van der Waals surface area contributed by atoms with Crippen molar-refractivity contribution < 1.29 is 9.59 Å². The van der Waals surface area contributed by atoms with Gasteiger partial charge >= 0.3 is 0 Å². The quantitative estimate of drug-likeness (QED) is 0.737. The Kier molecular flexibility index (Phi) is 5.58. The minimum Gasteiger partial charge on any atom is -0.366 e. The molecule has 2 amide bonds. The molecule has 1 rings (SSSR count). The molecule has 0 bridgehead atoms. The van der Waals surface area contributed by atoms with Gasteiger partial charge in [-0.15, -0.1) is 17.0 Å². The minimum atomic E-state index is -0.533. The molecular weight excluding hydrogens is 262 g/mol. The maximum atomic E-state index is 10.9. The second-order valence-electron chi connectivity index (χ2n) is 2.70. The summed E-state index contributed by atoms with van der Waals surface area (Å²) in [5.41, 5.74) is 11.0. The van der Waals surface area contributed by atoms with Crippen LogP contribution < -0.4 is 16.8 Å². The first-order chi connectivity index (χ1) is 6.63. The molecule has 15 heavy (non-hydrogen) atoms. The van der Waals surface area contributed by atoms with Crippen molar-refractivity contribution in [1.82, 2.24) is 0 Å². The predicted octanol–water partition coefficient (Wildman–Crippen LogP) is 0.261. The highest BCUT2D eigenvalue weighted by molar-refractivity contribution is 8.93. The third kappa shape index (κ3) is 4.09. The van der Waals surface area contributed by atoms with Gasteiger partial charge < -0.3 is 16.8 Å². The van der Waals surface area contributed by atoms with E-state index in [1.165, 1.54) is 6.07 Å². The van der Waals surface area contributed by atoms with E-state index in [1.807, 2.05) is 0 Å². The summed E-state index contributed by atoms with van der Waals surface area (Å²) in [7, 11) is 0. The van der Waals surface area contributed by atoms with Gasteiger partial charge in [-0.2, -0.15) is 0 Å². The fraction of sp³-hybridized carbons (Fsp3) is 0.111. The van der Waals surface area contributed by atoms with Crippen molar-refractivity contribution in [2.45, 2.75) is 0 Å². The van der Waals surface area contributed by atoms with Crippen LogP contribution in [0.2, 0.25) is 0 Å². The number of halogens is 1. The molecule has 0 aromatic heterocycles. The molecule has 0 fully saturated rings. The lowest BCUT2D eigenvalue weighted by molar-refractivity contribution is -0.114. The van der Waals surface area contributed by atoms with E-state index in [0.717, 1.165) is 0 Å². The molecule has 0 aliphatic rings. The highest BCUT2D eigenvalue weighted by Gasteiger charge is 2.02. The number of nitrogens with one attached hydrogen (secondary N) is 1. The Hall–Kier alpha value is -1.40. The number of hydrogen-bond acceptors (Lipinski definition) is 3. The summed E-state index contributed by atoms with van der Waals surface area (Å²) >= 11 is 0. The molecule has 1 aromatic rings. The number of nitrogens with two attached hydrogens (primary N) is 2. The zero-order valence-electron chi connectivity index (χ0n) is 7.90. The van der Waals surface area contributed by atoms with Crippen molar-refractivity contribution in [3.8, 4) is 0 Å². The van der Waals surface area contributed by atoms with Gasteiger partial charge in [-0.3, -0.25) is 9.59 Å². The molecule has 1 aromatic carbocycles. The summed E-state index contributed by atoms with van der Waals surface area (Å²) in [5.74, 6) is -0.847. The Morgan fingerprint density at radius 1 is 1.33 bits per heavy atom. The van der Waals surface area contributed by atoms with E-state index in [9.17, 15) is 9.59 Å². The zero-order chi connectivity index (χ0) is 10.6. The van der Waals surface area contributed by atoms with E-state index >= 15 is 0 Å². The van der Waals surface area contributed by atoms with Gasteiger partial charge in [-0.25, -0.2) is 0 Å². The number of amides is 2. The van der Waals surface area contributed by atoms with E-state index in [4.69, 9.17) is 11.5 Å². The highest BCUT2D eigenvalue weighted by atomic mass is 79.9. The molecule has 82 valence electrons. The molecule has 0 unspecified atom stereocenters. The standard InChI is InChI=1S/C9H11N3O2.BrH/c10-5-8(13)12-7-3-1-2-6(4-7)9(11)14;/h1-4H,5,10H2,(H2,11,14)(H,12,13);1H. The van der Waals surface area contributed by atoms with Crippen LogP contribution in [0.15, 0.2) is 24.3 Å². The second kappa shape index (κ2) is 6.15. The van der Waals surface area contributed by atoms with Crippen LogP contribution in [0.3, 0.4) is 0 Å². The van der Waals surface area contributed by atoms with Crippen molar-refractivity contribution >= 4 is 34.5 Å². The zero-order valence-corrected chi connectivity index (χ0v) is 9.61. The lowest BCUT2D eigenvalue weighted by atomic mass is 10.2. The highest BCUT2D eigenvalue weighted by Crippen LogP contribution is 2.09.